The largest absolute Gasteiger partial charge is 0.449 e. The van der Waals surface area contributed by atoms with E-state index in [0.29, 0.717) is 24.0 Å². The maximum Gasteiger partial charge on any atom is 0.425 e. The van der Waals surface area contributed by atoms with Gasteiger partial charge in [0.15, 0.2) is 11.8 Å². The molecule has 5 nitrogen and oxygen atoms in total. The highest BCUT2D eigenvalue weighted by Crippen LogP contribution is 2.42. The normalized spacial score (nSPS) is 17.0. The van der Waals surface area contributed by atoms with E-state index < -0.39 is 24.2 Å². The van der Waals surface area contributed by atoms with Crippen molar-refractivity contribution in [3.63, 3.8) is 0 Å². The number of hydrogen-bond acceptors (Lipinski definition) is 4. The van der Waals surface area contributed by atoms with Crippen LogP contribution in [0.5, 0.6) is 0 Å². The number of ether oxygens (including phenoxy) is 1. The minimum absolute atomic E-state index is 0.0314. The highest BCUT2D eigenvalue weighted by atomic mass is 19.4. The lowest BCUT2D eigenvalue weighted by atomic mass is 10.2. The molecule has 0 bridgehead atoms. The van der Waals surface area contributed by atoms with Gasteiger partial charge in [0, 0.05) is 19.2 Å². The van der Waals surface area contributed by atoms with Crippen LogP contribution in [-0.4, -0.2) is 32.8 Å². The average molecular weight is 299 g/mol. The first kappa shape index (κ1) is 13.8. The number of halogens is 3. The fourth-order valence-corrected chi connectivity index (χ4v) is 2.14. The van der Waals surface area contributed by atoms with E-state index in [-0.39, 0.29) is 5.56 Å². The number of nitrogens with zero attached hydrogens (tertiary/aromatic N) is 3. The van der Waals surface area contributed by atoms with Crippen LogP contribution in [0.25, 0.3) is 11.2 Å². The Morgan fingerprint density at radius 2 is 2.14 bits per heavy atom. The molecule has 1 aliphatic rings. The van der Waals surface area contributed by atoms with Gasteiger partial charge in [0.2, 0.25) is 0 Å². The number of alkyl halides is 3. The zero-order valence-corrected chi connectivity index (χ0v) is 11.1. The molecule has 3 rings (SSSR count). The summed E-state index contributed by atoms with van der Waals surface area (Å²) >= 11 is 0. The minimum Gasteiger partial charge on any atom is -0.449 e. The molecule has 0 aliphatic heterocycles. The maximum absolute atomic E-state index is 12.8. The van der Waals surface area contributed by atoms with Gasteiger partial charge in [-0.2, -0.15) is 13.2 Å². The molecular weight excluding hydrogens is 287 g/mol. The summed E-state index contributed by atoms with van der Waals surface area (Å²) in [6, 6.07) is 1.38. The summed E-state index contributed by atoms with van der Waals surface area (Å²) in [5.41, 5.74) is 0.944. The van der Waals surface area contributed by atoms with E-state index in [1.54, 1.807) is 11.6 Å². The Bertz CT molecular complexity index is 692. The Kier molecular flexibility index (Phi) is 3.11. The summed E-state index contributed by atoms with van der Waals surface area (Å²) in [6.07, 6.45) is -3.02. The lowest BCUT2D eigenvalue weighted by Crippen LogP contribution is -2.35. The van der Waals surface area contributed by atoms with E-state index in [2.05, 4.69) is 14.7 Å². The van der Waals surface area contributed by atoms with Gasteiger partial charge in [-0.1, -0.05) is 0 Å². The van der Waals surface area contributed by atoms with Crippen molar-refractivity contribution >= 4 is 17.1 Å². The molecule has 0 aromatic carbocycles. The van der Waals surface area contributed by atoms with E-state index in [0.717, 1.165) is 0 Å². The van der Waals surface area contributed by atoms with Crippen LogP contribution in [0.2, 0.25) is 0 Å². The van der Waals surface area contributed by atoms with Crippen LogP contribution in [0.15, 0.2) is 18.6 Å². The zero-order chi connectivity index (χ0) is 15.2. The molecule has 0 amide bonds. The maximum atomic E-state index is 12.8. The van der Waals surface area contributed by atoms with Crippen molar-refractivity contribution in [2.45, 2.75) is 25.1 Å². The second kappa shape index (κ2) is 4.71. The topological polar surface area (TPSA) is 57.0 Å². The number of esters is 1. The van der Waals surface area contributed by atoms with Gasteiger partial charge in [0.1, 0.15) is 5.52 Å². The molecule has 1 aliphatic carbocycles. The summed E-state index contributed by atoms with van der Waals surface area (Å²) in [6.45, 7) is 0. The number of rotatable bonds is 3. The van der Waals surface area contributed by atoms with Gasteiger partial charge in [-0.15, -0.1) is 0 Å². The van der Waals surface area contributed by atoms with Crippen molar-refractivity contribution in [3.8, 4) is 0 Å². The summed E-state index contributed by atoms with van der Waals surface area (Å²) < 4.78 is 44.8. The predicted molar refractivity (Wildman–Crippen MR) is 66.5 cm³/mol. The Labute approximate surface area is 117 Å². The van der Waals surface area contributed by atoms with E-state index in [4.69, 9.17) is 0 Å². The van der Waals surface area contributed by atoms with Crippen LogP contribution in [-0.2, 0) is 11.8 Å². The van der Waals surface area contributed by atoms with Gasteiger partial charge in [0.25, 0.3) is 0 Å². The molecule has 0 N–H and O–H groups in total. The third-order valence-electron chi connectivity index (χ3n) is 3.39. The van der Waals surface area contributed by atoms with Crippen LogP contribution in [0, 0.1) is 5.92 Å². The number of fused-ring (bicyclic) bond motifs is 1. The van der Waals surface area contributed by atoms with Gasteiger partial charge in [-0.05, 0) is 18.9 Å². The molecule has 2 aromatic heterocycles. The first-order valence-electron chi connectivity index (χ1n) is 6.41. The fourth-order valence-electron chi connectivity index (χ4n) is 2.14. The monoisotopic (exact) mass is 299 g/mol. The molecular formula is C13H12F3N3O2. The Morgan fingerprint density at radius 3 is 2.76 bits per heavy atom. The van der Waals surface area contributed by atoms with E-state index in [9.17, 15) is 18.0 Å². The summed E-state index contributed by atoms with van der Waals surface area (Å²) in [4.78, 5) is 19.9. The quantitative estimate of drug-likeness (QED) is 0.817. The molecule has 0 radical (unpaired) electrons. The molecule has 0 saturated heterocycles. The third-order valence-corrected chi connectivity index (χ3v) is 3.39. The Morgan fingerprint density at radius 1 is 1.43 bits per heavy atom. The average Bonchev–Trinajstić information content (AvgIpc) is 3.18. The van der Waals surface area contributed by atoms with Gasteiger partial charge >= 0.3 is 12.1 Å². The molecule has 1 fully saturated rings. The van der Waals surface area contributed by atoms with Gasteiger partial charge in [-0.25, -0.2) is 14.8 Å². The highest BCUT2D eigenvalue weighted by molar-refractivity contribution is 5.92. The van der Waals surface area contributed by atoms with Crippen LogP contribution in [0.3, 0.4) is 0 Å². The van der Waals surface area contributed by atoms with Crippen molar-refractivity contribution in [1.82, 2.24) is 14.5 Å². The molecule has 8 heteroatoms. The fraction of sp³-hybridized carbons (Fsp3) is 0.462. The summed E-state index contributed by atoms with van der Waals surface area (Å²) in [5.74, 6) is -1.65. The minimum atomic E-state index is -4.54. The van der Waals surface area contributed by atoms with Gasteiger partial charge in [0.05, 0.1) is 11.9 Å². The lowest BCUT2D eigenvalue weighted by molar-refractivity contribution is -0.210. The van der Waals surface area contributed by atoms with Gasteiger partial charge in [-0.3, -0.25) is 0 Å². The van der Waals surface area contributed by atoms with Crippen molar-refractivity contribution < 1.29 is 22.7 Å². The molecule has 21 heavy (non-hydrogen) atoms. The lowest BCUT2D eigenvalue weighted by Gasteiger charge is -2.20. The van der Waals surface area contributed by atoms with E-state index in [1.807, 2.05) is 0 Å². The van der Waals surface area contributed by atoms with Crippen molar-refractivity contribution in [2.75, 3.05) is 0 Å². The highest BCUT2D eigenvalue weighted by Gasteiger charge is 2.51. The number of carbonyl (C=O) groups is 1. The second-order valence-electron chi connectivity index (χ2n) is 5.13. The molecule has 2 heterocycles. The first-order valence-corrected chi connectivity index (χ1v) is 6.41. The van der Waals surface area contributed by atoms with Gasteiger partial charge < -0.3 is 9.30 Å². The molecule has 1 atom stereocenters. The van der Waals surface area contributed by atoms with Crippen molar-refractivity contribution in [1.29, 1.82) is 0 Å². The van der Waals surface area contributed by atoms with Crippen LogP contribution in [0.4, 0.5) is 13.2 Å². The first-order chi connectivity index (χ1) is 9.86. The van der Waals surface area contributed by atoms with Crippen molar-refractivity contribution in [3.05, 3.63) is 24.2 Å². The number of imidazole rings is 1. The second-order valence-corrected chi connectivity index (χ2v) is 5.13. The molecule has 112 valence electrons. The number of aromatic nitrogens is 3. The molecule has 0 spiro atoms. The van der Waals surface area contributed by atoms with E-state index >= 15 is 0 Å². The SMILES string of the molecule is Cn1cnc2cc(C(=O)O[C@@H](C3CC3)C(F)(F)F)cnc21. The zero-order valence-electron chi connectivity index (χ0n) is 11.1. The number of hydrogen-bond donors (Lipinski definition) is 0. The Hall–Kier alpha value is -2.12. The third kappa shape index (κ3) is 2.70. The molecule has 0 unspecified atom stereocenters. The summed E-state index contributed by atoms with van der Waals surface area (Å²) in [5, 5.41) is 0. The Balaban J connectivity index is 1.82. The van der Waals surface area contributed by atoms with E-state index in [1.165, 1.54) is 18.6 Å². The number of pyridine rings is 1. The standard InChI is InChI=1S/C13H12F3N3O2/c1-19-6-18-9-4-8(5-17-11(9)19)12(20)21-10(7-2-3-7)13(14,15)16/h4-7,10H,2-3H2,1H3/t10-/m0/s1. The summed E-state index contributed by atoms with van der Waals surface area (Å²) in [7, 11) is 1.73. The van der Waals surface area contributed by atoms with Crippen molar-refractivity contribution in [2.24, 2.45) is 13.0 Å². The predicted octanol–water partition coefficient (Wildman–Crippen LogP) is 2.47. The van der Waals surface area contributed by atoms with Crippen LogP contribution in [0.1, 0.15) is 23.2 Å². The van der Waals surface area contributed by atoms with Crippen LogP contribution < -0.4 is 0 Å². The van der Waals surface area contributed by atoms with Crippen LogP contribution >= 0.6 is 0 Å². The number of carbonyl (C=O) groups excluding carboxylic acids is 1. The number of aryl methyl sites for hydroxylation is 1. The smallest absolute Gasteiger partial charge is 0.425 e. The molecule has 1 saturated carbocycles. The molecule has 2 aromatic rings.